The van der Waals surface area contributed by atoms with Gasteiger partial charge in [-0.1, -0.05) is 0 Å². The van der Waals surface area contributed by atoms with Crippen LogP contribution in [0.1, 0.15) is 28.7 Å². The van der Waals surface area contributed by atoms with Gasteiger partial charge in [-0.3, -0.25) is 9.48 Å². The second kappa shape index (κ2) is 6.59. The molecule has 0 unspecified atom stereocenters. The first kappa shape index (κ1) is 16.4. The van der Waals surface area contributed by atoms with Crippen molar-refractivity contribution in [1.29, 1.82) is 0 Å². The molecule has 2 fully saturated rings. The summed E-state index contributed by atoms with van der Waals surface area (Å²) in [5.41, 5.74) is 2.02. The molecule has 23 heavy (non-hydrogen) atoms. The number of amides is 1. The lowest BCUT2D eigenvalue weighted by Crippen LogP contribution is -2.59. The summed E-state index contributed by atoms with van der Waals surface area (Å²) >= 11 is 0. The summed E-state index contributed by atoms with van der Waals surface area (Å²) in [4.78, 5) is 14.9. The lowest BCUT2D eigenvalue weighted by molar-refractivity contribution is -0.125. The van der Waals surface area contributed by atoms with Crippen molar-refractivity contribution in [1.82, 2.24) is 20.0 Å². The summed E-state index contributed by atoms with van der Waals surface area (Å²) in [7, 11) is 0. The van der Waals surface area contributed by atoms with Gasteiger partial charge < -0.3 is 19.7 Å². The van der Waals surface area contributed by atoms with E-state index in [-0.39, 0.29) is 5.91 Å². The molecule has 0 radical (unpaired) electrons. The molecule has 0 bridgehead atoms. The summed E-state index contributed by atoms with van der Waals surface area (Å²) in [6, 6.07) is 0. The number of aromatic nitrogens is 2. The molecule has 1 spiro atoms. The van der Waals surface area contributed by atoms with Gasteiger partial charge in [-0.2, -0.15) is 5.10 Å². The molecule has 1 amide bonds. The van der Waals surface area contributed by atoms with Gasteiger partial charge in [0.05, 0.1) is 37.6 Å². The first-order valence-corrected chi connectivity index (χ1v) is 8.32. The highest BCUT2D eigenvalue weighted by Gasteiger charge is 2.40. The number of nitrogens with one attached hydrogen (secondary N) is 1. The number of hydrogen-bond acceptors (Lipinski definition) is 5. The molecule has 0 aliphatic carbocycles. The standard InChI is InChI=1S/C16H26N4O3/c1-4-20-13(3)14(12(2)18-20)15(21)19-6-8-23-16(10-19)9-17-5-7-22-11-16/h17H,4-11H2,1-3H3/t16-/m1/s1. The average molecular weight is 322 g/mol. The molecule has 3 heterocycles. The number of hydrogen-bond donors (Lipinski definition) is 1. The largest absolute Gasteiger partial charge is 0.377 e. The van der Waals surface area contributed by atoms with Crippen LogP contribution < -0.4 is 5.32 Å². The van der Waals surface area contributed by atoms with Crippen molar-refractivity contribution in [2.24, 2.45) is 0 Å². The molecule has 2 saturated heterocycles. The third-order valence-corrected chi connectivity index (χ3v) is 4.67. The van der Waals surface area contributed by atoms with Crippen LogP contribution in [0.4, 0.5) is 0 Å². The van der Waals surface area contributed by atoms with Crippen molar-refractivity contribution in [3.8, 4) is 0 Å². The summed E-state index contributed by atoms with van der Waals surface area (Å²) < 4.78 is 13.5. The Balaban J connectivity index is 1.81. The SMILES string of the molecule is CCn1nc(C)c(C(=O)N2CCO[C@]3(CNCCOC3)C2)c1C. The Morgan fingerprint density at radius 1 is 1.39 bits per heavy atom. The lowest BCUT2D eigenvalue weighted by Gasteiger charge is -2.41. The molecule has 1 atom stereocenters. The molecule has 2 aliphatic rings. The quantitative estimate of drug-likeness (QED) is 0.851. The first-order valence-electron chi connectivity index (χ1n) is 8.32. The van der Waals surface area contributed by atoms with Crippen LogP contribution in [0, 0.1) is 13.8 Å². The summed E-state index contributed by atoms with van der Waals surface area (Å²) in [6.07, 6.45) is 0. The average Bonchev–Trinajstić information content (AvgIpc) is 2.71. The maximum Gasteiger partial charge on any atom is 0.257 e. The van der Waals surface area contributed by atoms with Crippen molar-refractivity contribution >= 4 is 5.91 Å². The number of carbonyl (C=O) groups excluding carboxylic acids is 1. The summed E-state index contributed by atoms with van der Waals surface area (Å²) in [5.74, 6) is 0.0478. The van der Waals surface area contributed by atoms with E-state index in [1.807, 2.05) is 30.4 Å². The van der Waals surface area contributed by atoms with Gasteiger partial charge in [-0.15, -0.1) is 0 Å². The molecular formula is C16H26N4O3. The maximum atomic E-state index is 13.0. The normalized spacial score (nSPS) is 25.6. The van der Waals surface area contributed by atoms with E-state index in [2.05, 4.69) is 10.4 Å². The lowest BCUT2D eigenvalue weighted by atomic mass is 10.0. The number of morpholine rings is 1. The van der Waals surface area contributed by atoms with Gasteiger partial charge in [0.15, 0.2) is 0 Å². The van der Waals surface area contributed by atoms with Gasteiger partial charge in [-0.05, 0) is 20.8 Å². The zero-order chi connectivity index (χ0) is 16.4. The van der Waals surface area contributed by atoms with E-state index < -0.39 is 5.60 Å². The fraction of sp³-hybridized carbons (Fsp3) is 0.750. The van der Waals surface area contributed by atoms with Crippen molar-refractivity contribution < 1.29 is 14.3 Å². The van der Waals surface area contributed by atoms with E-state index in [9.17, 15) is 4.79 Å². The van der Waals surface area contributed by atoms with Crippen molar-refractivity contribution in [3.05, 3.63) is 17.0 Å². The number of aryl methyl sites for hydroxylation is 2. The van der Waals surface area contributed by atoms with Crippen LogP contribution in [0.3, 0.4) is 0 Å². The number of rotatable bonds is 2. The minimum absolute atomic E-state index is 0.0478. The maximum absolute atomic E-state index is 13.0. The Kier molecular flexibility index (Phi) is 4.70. The minimum atomic E-state index is -0.438. The molecule has 3 rings (SSSR count). The van der Waals surface area contributed by atoms with Crippen LogP contribution >= 0.6 is 0 Å². The second-order valence-electron chi connectivity index (χ2n) is 6.35. The van der Waals surface area contributed by atoms with Gasteiger partial charge >= 0.3 is 0 Å². The fourth-order valence-electron chi connectivity index (χ4n) is 3.45. The predicted octanol–water partition coefficient (Wildman–Crippen LogP) is 0.351. The Hall–Kier alpha value is -1.44. The summed E-state index contributed by atoms with van der Waals surface area (Å²) in [6.45, 7) is 11.1. The zero-order valence-corrected chi connectivity index (χ0v) is 14.2. The Morgan fingerprint density at radius 2 is 2.22 bits per heavy atom. The molecule has 1 aromatic rings. The number of carbonyl (C=O) groups is 1. The smallest absolute Gasteiger partial charge is 0.257 e. The fourth-order valence-corrected chi connectivity index (χ4v) is 3.45. The predicted molar refractivity (Wildman–Crippen MR) is 85.7 cm³/mol. The molecule has 0 aromatic carbocycles. The van der Waals surface area contributed by atoms with Gasteiger partial charge in [0.25, 0.3) is 5.91 Å². The van der Waals surface area contributed by atoms with E-state index in [4.69, 9.17) is 9.47 Å². The molecule has 1 aromatic heterocycles. The van der Waals surface area contributed by atoms with Crippen LogP contribution in [-0.2, 0) is 16.0 Å². The summed E-state index contributed by atoms with van der Waals surface area (Å²) in [5, 5.41) is 7.80. The van der Waals surface area contributed by atoms with Crippen LogP contribution in [0.2, 0.25) is 0 Å². The van der Waals surface area contributed by atoms with Crippen LogP contribution in [0.5, 0.6) is 0 Å². The van der Waals surface area contributed by atoms with Gasteiger partial charge in [-0.25, -0.2) is 0 Å². The number of nitrogens with zero attached hydrogens (tertiary/aromatic N) is 3. The monoisotopic (exact) mass is 322 g/mol. The van der Waals surface area contributed by atoms with Crippen molar-refractivity contribution in [3.63, 3.8) is 0 Å². The molecular weight excluding hydrogens is 296 g/mol. The second-order valence-corrected chi connectivity index (χ2v) is 6.35. The number of ether oxygens (including phenoxy) is 2. The van der Waals surface area contributed by atoms with Crippen LogP contribution in [-0.4, -0.2) is 72.2 Å². The minimum Gasteiger partial charge on any atom is -0.377 e. The van der Waals surface area contributed by atoms with E-state index in [0.29, 0.717) is 39.5 Å². The molecule has 0 saturated carbocycles. The van der Waals surface area contributed by atoms with Gasteiger partial charge in [0, 0.05) is 31.9 Å². The topological polar surface area (TPSA) is 68.6 Å². The van der Waals surface area contributed by atoms with Gasteiger partial charge in [0.1, 0.15) is 5.60 Å². The zero-order valence-electron chi connectivity index (χ0n) is 14.2. The van der Waals surface area contributed by atoms with E-state index in [1.54, 1.807) is 0 Å². The highest BCUT2D eigenvalue weighted by atomic mass is 16.5. The molecule has 7 nitrogen and oxygen atoms in total. The van der Waals surface area contributed by atoms with Crippen molar-refractivity contribution in [2.75, 3.05) is 46.0 Å². The van der Waals surface area contributed by atoms with Gasteiger partial charge in [0.2, 0.25) is 0 Å². The highest BCUT2D eigenvalue weighted by molar-refractivity contribution is 5.96. The van der Waals surface area contributed by atoms with E-state index >= 15 is 0 Å². The Morgan fingerprint density at radius 3 is 2.96 bits per heavy atom. The Labute approximate surface area is 136 Å². The third kappa shape index (κ3) is 3.13. The molecule has 7 heteroatoms. The van der Waals surface area contributed by atoms with Crippen LogP contribution in [0.25, 0.3) is 0 Å². The molecule has 1 N–H and O–H groups in total. The Bertz CT molecular complexity index is 576. The highest BCUT2D eigenvalue weighted by Crippen LogP contribution is 2.23. The van der Waals surface area contributed by atoms with Crippen LogP contribution in [0.15, 0.2) is 0 Å². The van der Waals surface area contributed by atoms with E-state index in [0.717, 1.165) is 30.0 Å². The molecule has 2 aliphatic heterocycles. The van der Waals surface area contributed by atoms with E-state index in [1.165, 1.54) is 0 Å². The first-order chi connectivity index (χ1) is 11.1. The third-order valence-electron chi connectivity index (χ3n) is 4.67. The van der Waals surface area contributed by atoms with Crippen molar-refractivity contribution in [2.45, 2.75) is 32.9 Å². The molecule has 128 valence electrons.